The summed E-state index contributed by atoms with van der Waals surface area (Å²) in [4.78, 5) is 54.4. The molecule has 1 aromatic heterocycles. The Kier molecular flexibility index (Phi) is 6.36. The predicted octanol–water partition coefficient (Wildman–Crippen LogP) is -0.488. The molecule has 3 N–H and O–H groups in total. The van der Waals surface area contributed by atoms with Gasteiger partial charge in [0.2, 0.25) is 5.91 Å². The Morgan fingerprint density at radius 1 is 1.15 bits per heavy atom. The number of amides is 1. The average molecular weight is 365 g/mol. The lowest BCUT2D eigenvalue weighted by Crippen LogP contribution is -2.51. The molecule has 0 bridgehead atoms. The molecule has 1 aliphatic rings. The first kappa shape index (κ1) is 19.9. The van der Waals surface area contributed by atoms with Crippen molar-refractivity contribution in [3.63, 3.8) is 0 Å². The fourth-order valence-corrected chi connectivity index (χ4v) is 3.08. The molecule has 1 amide bonds. The molecule has 1 saturated heterocycles. The molecule has 0 spiro atoms. The van der Waals surface area contributed by atoms with Crippen molar-refractivity contribution in [1.82, 2.24) is 19.4 Å². The van der Waals surface area contributed by atoms with Crippen molar-refractivity contribution < 1.29 is 9.59 Å². The van der Waals surface area contributed by atoms with Crippen LogP contribution in [0.5, 0.6) is 0 Å². The molecule has 0 saturated carbocycles. The van der Waals surface area contributed by atoms with Gasteiger partial charge in [0.05, 0.1) is 6.54 Å². The molecule has 0 unspecified atom stereocenters. The number of nitrogens with one attached hydrogen (secondary N) is 1. The number of aromatic nitrogens is 2. The first-order chi connectivity index (χ1) is 12.3. The third-order valence-corrected chi connectivity index (χ3v) is 4.51. The first-order valence-electron chi connectivity index (χ1n) is 8.93. The summed E-state index contributed by atoms with van der Waals surface area (Å²) >= 11 is 0. The molecule has 1 aromatic rings. The van der Waals surface area contributed by atoms with Crippen molar-refractivity contribution >= 4 is 17.5 Å². The number of carbonyl (C=O) groups excluding carboxylic acids is 2. The van der Waals surface area contributed by atoms with Gasteiger partial charge in [-0.2, -0.15) is 0 Å². The number of nitrogens with two attached hydrogens (primary N) is 1. The normalized spacial score (nSPS) is 15.5. The van der Waals surface area contributed by atoms with Crippen LogP contribution >= 0.6 is 0 Å². The maximum Gasteiger partial charge on any atom is 0.329 e. The van der Waals surface area contributed by atoms with Gasteiger partial charge in [0.1, 0.15) is 11.4 Å². The lowest BCUT2D eigenvalue weighted by Gasteiger charge is -2.35. The number of H-pyrrole nitrogens is 1. The molecule has 0 atom stereocenters. The van der Waals surface area contributed by atoms with E-state index in [2.05, 4.69) is 4.98 Å². The van der Waals surface area contributed by atoms with Gasteiger partial charge < -0.3 is 10.6 Å². The number of hydrogen-bond acceptors (Lipinski definition) is 6. The first-order valence-corrected chi connectivity index (χ1v) is 8.93. The quantitative estimate of drug-likeness (QED) is 0.656. The maximum absolute atomic E-state index is 12.6. The summed E-state index contributed by atoms with van der Waals surface area (Å²) in [6.07, 6.45) is 0.648. The van der Waals surface area contributed by atoms with Gasteiger partial charge >= 0.3 is 5.69 Å². The van der Waals surface area contributed by atoms with E-state index in [1.165, 1.54) is 4.57 Å². The van der Waals surface area contributed by atoms with Crippen molar-refractivity contribution in [3.8, 4) is 0 Å². The van der Waals surface area contributed by atoms with E-state index >= 15 is 0 Å². The summed E-state index contributed by atoms with van der Waals surface area (Å²) in [5, 5.41) is 0. The van der Waals surface area contributed by atoms with Crippen LogP contribution < -0.4 is 17.0 Å². The number of ketones is 1. The molecule has 144 valence electrons. The predicted molar refractivity (Wildman–Crippen MR) is 98.2 cm³/mol. The Balaban J connectivity index is 2.10. The summed E-state index contributed by atoms with van der Waals surface area (Å²) in [7, 11) is 0. The second kappa shape index (κ2) is 8.31. The van der Waals surface area contributed by atoms with Crippen LogP contribution in [0, 0.1) is 5.92 Å². The minimum Gasteiger partial charge on any atom is -0.384 e. The van der Waals surface area contributed by atoms with Crippen molar-refractivity contribution in [2.45, 2.75) is 33.7 Å². The Hall–Kier alpha value is -2.42. The van der Waals surface area contributed by atoms with Gasteiger partial charge in [-0.1, -0.05) is 20.8 Å². The van der Waals surface area contributed by atoms with Gasteiger partial charge in [-0.25, -0.2) is 4.79 Å². The lowest BCUT2D eigenvalue weighted by atomic mass is 10.1. The molecular weight excluding hydrogens is 338 g/mol. The zero-order valence-electron chi connectivity index (χ0n) is 15.6. The van der Waals surface area contributed by atoms with Gasteiger partial charge in [0, 0.05) is 38.6 Å². The zero-order chi connectivity index (χ0) is 19.4. The highest BCUT2D eigenvalue weighted by Crippen LogP contribution is 2.10. The van der Waals surface area contributed by atoms with Gasteiger partial charge in [-0.3, -0.25) is 28.8 Å². The van der Waals surface area contributed by atoms with Crippen molar-refractivity contribution in [1.29, 1.82) is 0 Å². The van der Waals surface area contributed by atoms with Crippen LogP contribution in [-0.2, 0) is 11.3 Å². The maximum atomic E-state index is 12.6. The van der Waals surface area contributed by atoms with E-state index < -0.39 is 17.0 Å². The minimum absolute atomic E-state index is 0.0291. The van der Waals surface area contributed by atoms with Crippen LogP contribution in [0.2, 0.25) is 0 Å². The van der Waals surface area contributed by atoms with Crippen LogP contribution in [0.4, 0.5) is 5.82 Å². The number of anilines is 1. The Labute approximate surface area is 151 Å². The Bertz CT molecular complexity index is 787. The fraction of sp³-hybridized carbons (Fsp3) is 0.647. The molecule has 2 rings (SSSR count). The molecule has 1 aliphatic heterocycles. The number of hydrogen-bond donors (Lipinski definition) is 2. The number of aromatic amines is 1. The monoisotopic (exact) mass is 365 g/mol. The molecule has 1 fully saturated rings. The standard InChI is InChI=1S/C17H27N5O4/c1-4-5-22-14(18)13(15(24)19-17(22)26)12(23)10-20-6-8-21(9-7-20)16(25)11(2)3/h11H,4-10,18H2,1-3H3,(H,19,24,26). The lowest BCUT2D eigenvalue weighted by molar-refractivity contribution is -0.136. The van der Waals surface area contributed by atoms with Crippen LogP contribution in [-0.4, -0.2) is 63.8 Å². The number of Topliss-reactive ketones (excluding diaryl/α,β-unsaturated/α-hetero) is 1. The van der Waals surface area contributed by atoms with Crippen molar-refractivity contribution in [2.75, 3.05) is 38.5 Å². The topological polar surface area (TPSA) is 121 Å². The highest BCUT2D eigenvalue weighted by Gasteiger charge is 2.26. The molecule has 0 aromatic carbocycles. The highest BCUT2D eigenvalue weighted by molar-refractivity contribution is 6.01. The molecule has 0 aliphatic carbocycles. The van der Waals surface area contributed by atoms with Gasteiger partial charge in [-0.05, 0) is 6.42 Å². The van der Waals surface area contributed by atoms with Crippen LogP contribution in [0.1, 0.15) is 37.6 Å². The van der Waals surface area contributed by atoms with Gasteiger partial charge in [-0.15, -0.1) is 0 Å². The summed E-state index contributed by atoms with van der Waals surface area (Å²) < 4.78 is 1.22. The third-order valence-electron chi connectivity index (χ3n) is 4.51. The SMILES string of the molecule is CCCn1c(N)c(C(=O)CN2CCN(C(=O)C(C)C)CC2)c(=O)[nH]c1=O. The second-order valence-corrected chi connectivity index (χ2v) is 6.85. The van der Waals surface area contributed by atoms with Crippen LogP contribution in [0.25, 0.3) is 0 Å². The minimum atomic E-state index is -0.751. The Morgan fingerprint density at radius 2 is 1.77 bits per heavy atom. The number of carbonyl (C=O) groups is 2. The summed E-state index contributed by atoms with van der Waals surface area (Å²) in [5.74, 6) is -0.457. The third kappa shape index (κ3) is 4.21. The molecular formula is C17H27N5O4. The number of nitrogen functional groups attached to an aromatic ring is 1. The summed E-state index contributed by atoms with van der Waals surface area (Å²) in [6.45, 7) is 8.15. The Morgan fingerprint density at radius 3 is 2.31 bits per heavy atom. The molecule has 0 radical (unpaired) electrons. The summed E-state index contributed by atoms with van der Waals surface area (Å²) in [5.41, 5.74) is 4.40. The van der Waals surface area contributed by atoms with Gasteiger partial charge in [0.15, 0.2) is 5.78 Å². The van der Waals surface area contributed by atoms with Gasteiger partial charge in [0.25, 0.3) is 5.56 Å². The molecule has 9 nitrogen and oxygen atoms in total. The largest absolute Gasteiger partial charge is 0.384 e. The van der Waals surface area contributed by atoms with E-state index in [1.807, 2.05) is 25.7 Å². The second-order valence-electron chi connectivity index (χ2n) is 6.85. The smallest absolute Gasteiger partial charge is 0.329 e. The molecule has 26 heavy (non-hydrogen) atoms. The van der Waals surface area contributed by atoms with Crippen molar-refractivity contribution in [3.05, 3.63) is 26.4 Å². The van der Waals surface area contributed by atoms with E-state index in [4.69, 9.17) is 5.73 Å². The van der Waals surface area contributed by atoms with Crippen molar-refractivity contribution in [2.24, 2.45) is 5.92 Å². The number of nitrogens with zero attached hydrogens (tertiary/aromatic N) is 3. The number of piperazine rings is 1. The van der Waals surface area contributed by atoms with Crippen LogP contribution in [0.3, 0.4) is 0 Å². The average Bonchev–Trinajstić information content (AvgIpc) is 2.58. The molecule has 9 heteroatoms. The zero-order valence-corrected chi connectivity index (χ0v) is 15.6. The highest BCUT2D eigenvalue weighted by atomic mass is 16.2. The van der Waals surface area contributed by atoms with E-state index in [1.54, 1.807) is 4.90 Å². The summed E-state index contributed by atoms with van der Waals surface area (Å²) in [6, 6.07) is 0. The van der Waals surface area contributed by atoms with E-state index in [-0.39, 0.29) is 29.8 Å². The molecule has 2 heterocycles. The fourth-order valence-electron chi connectivity index (χ4n) is 3.08. The number of rotatable bonds is 6. The van der Waals surface area contributed by atoms with E-state index in [0.717, 1.165) is 0 Å². The van der Waals surface area contributed by atoms with E-state index in [0.29, 0.717) is 39.1 Å². The van der Waals surface area contributed by atoms with Crippen LogP contribution in [0.15, 0.2) is 9.59 Å². The van der Waals surface area contributed by atoms with E-state index in [9.17, 15) is 19.2 Å².